The summed E-state index contributed by atoms with van der Waals surface area (Å²) in [4.78, 5) is 16.7. The molecule has 19 heavy (non-hydrogen) atoms. The van der Waals surface area contributed by atoms with Crippen LogP contribution >= 0.6 is 0 Å². The minimum atomic E-state index is 0.211. The van der Waals surface area contributed by atoms with E-state index in [2.05, 4.69) is 17.3 Å². The molecule has 0 saturated carbocycles. The highest BCUT2D eigenvalue weighted by Crippen LogP contribution is 2.19. The van der Waals surface area contributed by atoms with Gasteiger partial charge in [-0.15, -0.1) is 0 Å². The molecule has 0 spiro atoms. The Balaban J connectivity index is 1.73. The predicted octanol–water partition coefficient (Wildman–Crippen LogP) is 1.32. The summed E-state index contributed by atoms with van der Waals surface area (Å²) < 4.78 is 0. The summed E-state index contributed by atoms with van der Waals surface area (Å²) in [5.74, 6) is 0.550. The summed E-state index contributed by atoms with van der Waals surface area (Å²) in [5.41, 5.74) is 0. The molecule has 2 aliphatic heterocycles. The molecule has 1 amide bonds. The van der Waals surface area contributed by atoms with Crippen LogP contribution in [0.3, 0.4) is 0 Å². The first kappa shape index (κ1) is 14.8. The van der Waals surface area contributed by atoms with Gasteiger partial charge >= 0.3 is 0 Å². The van der Waals surface area contributed by atoms with E-state index in [9.17, 15) is 4.79 Å². The summed E-state index contributed by atoms with van der Waals surface area (Å²) >= 11 is 0. The molecule has 4 heteroatoms. The van der Waals surface area contributed by atoms with Gasteiger partial charge in [0.1, 0.15) is 0 Å². The molecule has 0 aliphatic carbocycles. The van der Waals surface area contributed by atoms with Gasteiger partial charge in [0.2, 0.25) is 5.91 Å². The summed E-state index contributed by atoms with van der Waals surface area (Å²) in [7, 11) is 4.19. The Morgan fingerprint density at radius 1 is 1.32 bits per heavy atom. The summed E-state index contributed by atoms with van der Waals surface area (Å²) in [6, 6.07) is 0.675. The van der Waals surface area contributed by atoms with Crippen molar-refractivity contribution < 1.29 is 4.79 Å². The Kier molecular flexibility index (Phi) is 5.64. The van der Waals surface area contributed by atoms with Crippen LogP contribution < -0.4 is 5.32 Å². The molecule has 4 nitrogen and oxygen atoms in total. The molecule has 2 heterocycles. The average Bonchev–Trinajstić information content (AvgIpc) is 2.46. The molecular weight excluding hydrogens is 238 g/mol. The molecule has 1 N–H and O–H groups in total. The van der Waals surface area contributed by atoms with Crippen molar-refractivity contribution in [1.29, 1.82) is 0 Å². The lowest BCUT2D eigenvalue weighted by atomic mass is 9.97. The monoisotopic (exact) mass is 267 g/mol. The Bertz CT molecular complexity index is 289. The number of carbonyl (C=O) groups is 1. The van der Waals surface area contributed by atoms with E-state index in [1.807, 2.05) is 11.9 Å². The maximum absolute atomic E-state index is 12.3. The van der Waals surface area contributed by atoms with Crippen molar-refractivity contribution in [2.75, 3.05) is 40.3 Å². The zero-order valence-electron chi connectivity index (χ0n) is 12.5. The molecule has 2 unspecified atom stereocenters. The summed E-state index contributed by atoms with van der Waals surface area (Å²) in [5, 5.41) is 3.33. The zero-order valence-corrected chi connectivity index (χ0v) is 12.5. The molecule has 2 atom stereocenters. The second kappa shape index (κ2) is 7.25. The Morgan fingerprint density at radius 3 is 2.84 bits per heavy atom. The van der Waals surface area contributed by atoms with Crippen LogP contribution in [0, 0.1) is 5.92 Å². The number of piperidine rings is 2. The molecule has 0 aromatic rings. The van der Waals surface area contributed by atoms with E-state index in [4.69, 9.17) is 0 Å². The number of likely N-dealkylation sites (tertiary alicyclic amines) is 1. The lowest BCUT2D eigenvalue weighted by Gasteiger charge is -2.34. The first-order valence-electron chi connectivity index (χ1n) is 7.84. The van der Waals surface area contributed by atoms with Gasteiger partial charge in [0.15, 0.2) is 0 Å². The van der Waals surface area contributed by atoms with Gasteiger partial charge in [0.25, 0.3) is 0 Å². The molecule has 2 rings (SSSR count). The van der Waals surface area contributed by atoms with Crippen molar-refractivity contribution in [2.24, 2.45) is 5.92 Å². The van der Waals surface area contributed by atoms with Crippen molar-refractivity contribution in [3.8, 4) is 0 Å². The van der Waals surface area contributed by atoms with Gasteiger partial charge in [-0.25, -0.2) is 0 Å². The van der Waals surface area contributed by atoms with Crippen LogP contribution in [0.4, 0.5) is 0 Å². The normalized spacial score (nSPS) is 29.2. The number of hydrogen-bond acceptors (Lipinski definition) is 3. The van der Waals surface area contributed by atoms with Crippen LogP contribution in [0.15, 0.2) is 0 Å². The Morgan fingerprint density at radius 2 is 2.16 bits per heavy atom. The standard InChI is InChI=1S/C15H29N3O/c1-17-10-4-3-7-14(17)8-11-18(2)15(19)13-6-5-9-16-12-13/h13-14,16H,3-12H2,1-2H3. The minimum Gasteiger partial charge on any atom is -0.345 e. The van der Waals surface area contributed by atoms with E-state index < -0.39 is 0 Å². The van der Waals surface area contributed by atoms with Crippen LogP contribution in [0.2, 0.25) is 0 Å². The maximum atomic E-state index is 12.3. The Hall–Kier alpha value is -0.610. The van der Waals surface area contributed by atoms with Crippen molar-refractivity contribution in [3.05, 3.63) is 0 Å². The quantitative estimate of drug-likeness (QED) is 0.834. The molecule has 0 bridgehead atoms. The fourth-order valence-electron chi connectivity index (χ4n) is 3.34. The van der Waals surface area contributed by atoms with Crippen LogP contribution in [0.5, 0.6) is 0 Å². The van der Waals surface area contributed by atoms with Gasteiger partial charge in [0, 0.05) is 26.2 Å². The van der Waals surface area contributed by atoms with Crippen LogP contribution in [0.25, 0.3) is 0 Å². The van der Waals surface area contributed by atoms with Gasteiger partial charge in [-0.1, -0.05) is 6.42 Å². The lowest BCUT2D eigenvalue weighted by Crippen LogP contribution is -2.43. The van der Waals surface area contributed by atoms with Crippen molar-refractivity contribution in [1.82, 2.24) is 15.1 Å². The van der Waals surface area contributed by atoms with Crippen molar-refractivity contribution in [3.63, 3.8) is 0 Å². The van der Waals surface area contributed by atoms with E-state index in [1.165, 1.54) is 25.8 Å². The second-order valence-corrected chi connectivity index (χ2v) is 6.22. The lowest BCUT2D eigenvalue weighted by molar-refractivity contribution is -0.134. The topological polar surface area (TPSA) is 35.6 Å². The van der Waals surface area contributed by atoms with Gasteiger partial charge in [-0.05, 0) is 52.2 Å². The fourth-order valence-corrected chi connectivity index (χ4v) is 3.34. The number of rotatable bonds is 4. The summed E-state index contributed by atoms with van der Waals surface area (Å²) in [6.45, 7) is 4.06. The van der Waals surface area contributed by atoms with Gasteiger partial charge < -0.3 is 15.1 Å². The van der Waals surface area contributed by atoms with E-state index in [0.29, 0.717) is 11.9 Å². The highest BCUT2D eigenvalue weighted by Gasteiger charge is 2.25. The van der Waals surface area contributed by atoms with Crippen LogP contribution in [-0.2, 0) is 4.79 Å². The molecule has 2 saturated heterocycles. The largest absolute Gasteiger partial charge is 0.345 e. The molecule has 2 fully saturated rings. The average molecular weight is 267 g/mol. The molecule has 2 aliphatic rings. The smallest absolute Gasteiger partial charge is 0.226 e. The van der Waals surface area contributed by atoms with Crippen molar-refractivity contribution in [2.45, 2.75) is 44.6 Å². The van der Waals surface area contributed by atoms with Gasteiger partial charge in [-0.2, -0.15) is 0 Å². The van der Waals surface area contributed by atoms with E-state index >= 15 is 0 Å². The highest BCUT2D eigenvalue weighted by molar-refractivity contribution is 5.78. The minimum absolute atomic E-state index is 0.211. The van der Waals surface area contributed by atoms with Gasteiger partial charge in [-0.3, -0.25) is 4.79 Å². The number of nitrogens with zero attached hydrogens (tertiary/aromatic N) is 2. The van der Waals surface area contributed by atoms with E-state index in [1.54, 1.807) is 0 Å². The molecule has 0 aromatic carbocycles. The van der Waals surface area contributed by atoms with E-state index in [-0.39, 0.29) is 5.92 Å². The van der Waals surface area contributed by atoms with Crippen molar-refractivity contribution >= 4 is 5.91 Å². The first-order valence-corrected chi connectivity index (χ1v) is 7.84. The third-order valence-electron chi connectivity index (χ3n) is 4.74. The molecule has 0 aromatic heterocycles. The summed E-state index contributed by atoms with van der Waals surface area (Å²) in [6.07, 6.45) is 7.28. The number of carbonyl (C=O) groups excluding carboxylic acids is 1. The predicted molar refractivity (Wildman–Crippen MR) is 78.1 cm³/mol. The number of hydrogen-bond donors (Lipinski definition) is 1. The third kappa shape index (κ3) is 4.18. The highest BCUT2D eigenvalue weighted by atomic mass is 16.2. The SMILES string of the molecule is CN(CCC1CCCCN1C)C(=O)C1CCCNC1. The first-order chi connectivity index (χ1) is 9.18. The van der Waals surface area contributed by atoms with Gasteiger partial charge in [0.05, 0.1) is 5.92 Å². The van der Waals surface area contributed by atoms with Crippen LogP contribution in [0.1, 0.15) is 38.5 Å². The maximum Gasteiger partial charge on any atom is 0.226 e. The zero-order chi connectivity index (χ0) is 13.7. The Labute approximate surface area is 117 Å². The molecule has 110 valence electrons. The number of nitrogens with one attached hydrogen (secondary N) is 1. The van der Waals surface area contributed by atoms with Crippen LogP contribution in [-0.4, -0.2) is 62.0 Å². The third-order valence-corrected chi connectivity index (χ3v) is 4.74. The van der Waals surface area contributed by atoms with E-state index in [0.717, 1.165) is 38.9 Å². The second-order valence-electron chi connectivity index (χ2n) is 6.22. The molecular formula is C15H29N3O. The molecule has 0 radical (unpaired) electrons. The number of amides is 1. The fraction of sp³-hybridized carbons (Fsp3) is 0.933.